The number of hydrogen-bond acceptors (Lipinski definition) is 3. The monoisotopic (exact) mass is 303 g/mol. The van der Waals surface area contributed by atoms with Crippen molar-refractivity contribution in [2.75, 3.05) is 12.3 Å². The first kappa shape index (κ1) is 12.1. The predicted molar refractivity (Wildman–Crippen MR) is 67.2 cm³/mol. The van der Waals surface area contributed by atoms with E-state index in [9.17, 15) is 8.42 Å². The Bertz CT molecular complexity index is 499. The number of rotatable bonds is 3. The van der Waals surface area contributed by atoms with Crippen LogP contribution in [0.15, 0.2) is 27.6 Å². The van der Waals surface area contributed by atoms with Gasteiger partial charge in [0.05, 0.1) is 10.6 Å². The minimum atomic E-state index is -3.08. The van der Waals surface area contributed by atoms with Gasteiger partial charge in [-0.3, -0.25) is 0 Å². The van der Waals surface area contributed by atoms with Crippen LogP contribution in [0.3, 0.4) is 0 Å². The van der Waals surface area contributed by atoms with Gasteiger partial charge in [0.2, 0.25) is 0 Å². The Hall–Kier alpha value is -0.390. The van der Waals surface area contributed by atoms with Crippen molar-refractivity contribution in [2.45, 2.75) is 23.7 Å². The van der Waals surface area contributed by atoms with Crippen LogP contribution in [-0.2, 0) is 9.84 Å². The largest absolute Gasteiger partial charge is 0.330 e. The molecule has 1 aliphatic heterocycles. The summed E-state index contributed by atoms with van der Waals surface area (Å²) >= 11 is 3.44. The summed E-state index contributed by atoms with van der Waals surface area (Å²) in [5.41, 5.74) is 6.41. The lowest BCUT2D eigenvalue weighted by atomic mass is 9.96. The fourth-order valence-corrected chi connectivity index (χ4v) is 4.98. The summed E-state index contributed by atoms with van der Waals surface area (Å²) in [5.74, 6) is 0.324. The zero-order chi connectivity index (χ0) is 11.8. The molecule has 16 heavy (non-hydrogen) atoms. The van der Waals surface area contributed by atoms with Crippen molar-refractivity contribution in [3.8, 4) is 0 Å². The lowest BCUT2D eigenvalue weighted by Gasteiger charge is -2.10. The summed E-state index contributed by atoms with van der Waals surface area (Å²) in [5, 5.41) is 0. The summed E-state index contributed by atoms with van der Waals surface area (Å²) in [6, 6.07) is 5.36. The molecule has 0 spiro atoms. The van der Waals surface area contributed by atoms with Crippen LogP contribution in [0.4, 0.5) is 0 Å². The van der Waals surface area contributed by atoms with Crippen molar-refractivity contribution in [3.63, 3.8) is 0 Å². The molecule has 3 nitrogen and oxygen atoms in total. The van der Waals surface area contributed by atoms with E-state index in [-0.39, 0.29) is 11.7 Å². The van der Waals surface area contributed by atoms with Crippen LogP contribution in [0.25, 0.3) is 0 Å². The zero-order valence-corrected chi connectivity index (χ0v) is 11.2. The number of halogens is 1. The van der Waals surface area contributed by atoms with Gasteiger partial charge in [-0.1, -0.05) is 22.0 Å². The Morgan fingerprint density at radius 2 is 2.19 bits per heavy atom. The molecule has 0 radical (unpaired) electrons. The molecule has 1 aromatic carbocycles. The molecule has 1 unspecified atom stereocenters. The molecule has 1 heterocycles. The van der Waals surface area contributed by atoms with Gasteiger partial charge in [-0.15, -0.1) is 0 Å². The summed E-state index contributed by atoms with van der Waals surface area (Å²) in [7, 11) is -3.08. The van der Waals surface area contributed by atoms with Gasteiger partial charge >= 0.3 is 0 Å². The molecular weight excluding hydrogens is 290 g/mol. The van der Waals surface area contributed by atoms with Gasteiger partial charge < -0.3 is 5.73 Å². The second-order valence-electron chi connectivity index (χ2n) is 4.06. The quantitative estimate of drug-likeness (QED) is 0.930. The molecule has 2 rings (SSSR count). The van der Waals surface area contributed by atoms with Crippen LogP contribution in [0.5, 0.6) is 0 Å². The summed E-state index contributed by atoms with van der Waals surface area (Å²) in [6.45, 7) is 0.607. The van der Waals surface area contributed by atoms with E-state index in [2.05, 4.69) is 15.9 Å². The topological polar surface area (TPSA) is 60.2 Å². The first-order valence-electron chi connectivity index (χ1n) is 5.27. The second kappa shape index (κ2) is 4.47. The molecule has 0 aliphatic carbocycles. The molecule has 0 amide bonds. The lowest BCUT2D eigenvalue weighted by Crippen LogP contribution is -2.07. The van der Waals surface area contributed by atoms with Gasteiger partial charge in [-0.05, 0) is 37.1 Å². The third kappa shape index (κ3) is 2.04. The fraction of sp³-hybridized carbons (Fsp3) is 0.455. The van der Waals surface area contributed by atoms with Gasteiger partial charge in [-0.25, -0.2) is 8.42 Å². The molecule has 1 atom stereocenters. The van der Waals surface area contributed by atoms with Gasteiger partial charge in [-0.2, -0.15) is 0 Å². The number of sulfone groups is 1. The van der Waals surface area contributed by atoms with Crippen molar-refractivity contribution >= 4 is 25.8 Å². The summed E-state index contributed by atoms with van der Waals surface area (Å²) < 4.78 is 24.7. The maximum atomic E-state index is 11.9. The van der Waals surface area contributed by atoms with E-state index < -0.39 is 9.84 Å². The van der Waals surface area contributed by atoms with E-state index in [0.717, 1.165) is 22.9 Å². The highest BCUT2D eigenvalue weighted by atomic mass is 79.9. The highest BCUT2D eigenvalue weighted by molar-refractivity contribution is 9.10. The molecule has 0 bridgehead atoms. The summed E-state index contributed by atoms with van der Waals surface area (Å²) in [6.07, 6.45) is 1.70. The van der Waals surface area contributed by atoms with Gasteiger partial charge in [0.25, 0.3) is 0 Å². The third-order valence-corrected chi connectivity index (χ3v) is 5.49. The maximum Gasteiger partial charge on any atom is 0.179 e. The van der Waals surface area contributed by atoms with Crippen LogP contribution in [0, 0.1) is 0 Å². The Morgan fingerprint density at radius 1 is 1.44 bits per heavy atom. The first-order chi connectivity index (χ1) is 7.56. The first-order valence-corrected chi connectivity index (χ1v) is 7.72. The van der Waals surface area contributed by atoms with E-state index >= 15 is 0 Å². The minimum absolute atomic E-state index is 0.0964. The van der Waals surface area contributed by atoms with E-state index in [0.29, 0.717) is 11.4 Å². The molecule has 0 saturated carbocycles. The lowest BCUT2D eigenvalue weighted by molar-refractivity contribution is 0.591. The van der Waals surface area contributed by atoms with Crippen LogP contribution in [-0.4, -0.2) is 20.7 Å². The molecule has 1 aliphatic rings. The van der Waals surface area contributed by atoms with Crippen LogP contribution in [0.1, 0.15) is 24.3 Å². The van der Waals surface area contributed by atoms with E-state index in [4.69, 9.17) is 5.73 Å². The van der Waals surface area contributed by atoms with Gasteiger partial charge in [0.1, 0.15) is 0 Å². The molecule has 0 saturated heterocycles. The number of nitrogens with two attached hydrogens (primary N) is 1. The predicted octanol–water partition coefficient (Wildman–Crippen LogP) is 2.06. The number of fused-ring (bicyclic) bond motifs is 1. The maximum absolute atomic E-state index is 11.9. The minimum Gasteiger partial charge on any atom is -0.330 e. The van der Waals surface area contributed by atoms with Crippen LogP contribution in [0.2, 0.25) is 0 Å². The molecule has 0 aromatic heterocycles. The third-order valence-electron chi connectivity index (χ3n) is 2.93. The average Bonchev–Trinajstić information content (AvgIpc) is 2.49. The standard InChI is InChI=1S/C11H14BrNO2S/c12-9-4-1-5-10-11(9)8(3-2-6-13)7-16(10,14)15/h1,4-5,8H,2-3,6-7,13H2. The highest BCUT2D eigenvalue weighted by Gasteiger charge is 2.35. The Labute approximate surface area is 104 Å². The number of hydrogen-bond donors (Lipinski definition) is 1. The SMILES string of the molecule is NCCCC1CS(=O)(=O)c2cccc(Br)c21. The highest BCUT2D eigenvalue weighted by Crippen LogP contribution is 2.41. The number of benzene rings is 1. The van der Waals surface area contributed by atoms with Crippen molar-refractivity contribution in [3.05, 3.63) is 28.2 Å². The molecule has 88 valence electrons. The van der Waals surface area contributed by atoms with Crippen LogP contribution >= 0.6 is 15.9 Å². The smallest absolute Gasteiger partial charge is 0.179 e. The normalized spacial score (nSPS) is 22.0. The van der Waals surface area contributed by atoms with Crippen molar-refractivity contribution in [2.24, 2.45) is 5.73 Å². The zero-order valence-electron chi connectivity index (χ0n) is 8.82. The fourth-order valence-electron chi connectivity index (χ4n) is 2.21. The molecule has 0 fully saturated rings. The Balaban J connectivity index is 2.44. The van der Waals surface area contributed by atoms with Gasteiger partial charge in [0.15, 0.2) is 9.84 Å². The van der Waals surface area contributed by atoms with Crippen LogP contribution < -0.4 is 5.73 Å². The van der Waals surface area contributed by atoms with Crippen molar-refractivity contribution < 1.29 is 8.42 Å². The van der Waals surface area contributed by atoms with Gasteiger partial charge in [0, 0.05) is 10.4 Å². The van der Waals surface area contributed by atoms with Crippen molar-refractivity contribution in [1.29, 1.82) is 0 Å². The molecule has 1 aromatic rings. The molecule has 2 N–H and O–H groups in total. The van der Waals surface area contributed by atoms with Crippen molar-refractivity contribution in [1.82, 2.24) is 0 Å². The van der Waals surface area contributed by atoms with E-state index in [1.165, 1.54) is 0 Å². The average molecular weight is 304 g/mol. The summed E-state index contributed by atoms with van der Waals surface area (Å²) in [4.78, 5) is 0.490. The molecular formula is C11H14BrNO2S. The second-order valence-corrected chi connectivity index (χ2v) is 6.92. The van der Waals surface area contributed by atoms with E-state index in [1.54, 1.807) is 12.1 Å². The Kier molecular flexibility index (Phi) is 3.37. The Morgan fingerprint density at radius 3 is 2.88 bits per heavy atom. The van der Waals surface area contributed by atoms with E-state index in [1.807, 2.05) is 6.07 Å². The molecule has 5 heteroatoms.